The summed E-state index contributed by atoms with van der Waals surface area (Å²) < 4.78 is 78.9. The Morgan fingerprint density at radius 3 is 2.50 bits per heavy atom. The molecule has 2 atom stereocenters. The maximum Gasteiger partial charge on any atom is 1.00 e. The summed E-state index contributed by atoms with van der Waals surface area (Å²) in [6.07, 6.45) is 8.17. The molecule has 0 amide bonds. The fraction of sp³-hybridized carbons (Fsp3) is 0.257. The van der Waals surface area contributed by atoms with Crippen LogP contribution in [0.3, 0.4) is 0 Å². The number of carbonyl (C=O) groups is 1. The minimum atomic E-state index is -5.40. The van der Waals surface area contributed by atoms with E-state index in [4.69, 9.17) is 19.5 Å². The quantitative estimate of drug-likeness (QED) is 0.0648. The van der Waals surface area contributed by atoms with E-state index in [1.54, 1.807) is 25.2 Å². The van der Waals surface area contributed by atoms with Crippen LogP contribution in [0.25, 0.3) is 6.08 Å². The van der Waals surface area contributed by atoms with E-state index >= 15 is 4.39 Å². The van der Waals surface area contributed by atoms with Gasteiger partial charge < -0.3 is 33.1 Å². The number of hydrogen-bond acceptors (Lipinski definition) is 12. The van der Waals surface area contributed by atoms with E-state index in [0.717, 1.165) is 18.2 Å². The zero-order valence-electron chi connectivity index (χ0n) is 29.3. The Kier molecular flexibility index (Phi) is 17.9. The van der Waals surface area contributed by atoms with Crippen LogP contribution in [0.4, 0.5) is 13.2 Å². The number of ether oxygens (including phenoxy) is 3. The second-order valence-electron chi connectivity index (χ2n) is 11.4. The largest absolute Gasteiger partial charge is 1.00 e. The van der Waals surface area contributed by atoms with Crippen LogP contribution in [-0.4, -0.2) is 50.7 Å². The van der Waals surface area contributed by atoms with Crippen LogP contribution in [0.2, 0.25) is 0 Å². The van der Waals surface area contributed by atoms with E-state index in [2.05, 4.69) is 14.6 Å². The van der Waals surface area contributed by atoms with Crippen molar-refractivity contribution in [1.29, 1.82) is 5.26 Å². The van der Waals surface area contributed by atoms with Crippen LogP contribution < -0.4 is 68.9 Å². The topological polar surface area (TPSA) is 172 Å². The van der Waals surface area contributed by atoms with Gasteiger partial charge in [-0.2, -0.15) is 10.4 Å². The third-order valence-corrected chi connectivity index (χ3v) is 9.76. The van der Waals surface area contributed by atoms with Crippen LogP contribution in [-0.2, 0) is 42.1 Å². The van der Waals surface area contributed by atoms with Gasteiger partial charge in [-0.3, -0.25) is 0 Å². The number of phosphoric ester groups is 1. The van der Waals surface area contributed by atoms with Gasteiger partial charge in [0, 0.05) is 22.4 Å². The van der Waals surface area contributed by atoms with Crippen molar-refractivity contribution in [3.8, 4) is 6.07 Å². The van der Waals surface area contributed by atoms with Gasteiger partial charge in [0.2, 0.25) is 0 Å². The zero-order chi connectivity index (χ0) is 37.3. The molecule has 3 aromatic carbocycles. The van der Waals surface area contributed by atoms with Gasteiger partial charge in [-0.05, 0) is 48.9 Å². The van der Waals surface area contributed by atoms with Gasteiger partial charge in [0.05, 0.1) is 56.6 Å². The van der Waals surface area contributed by atoms with Gasteiger partial charge in [-0.25, -0.2) is 27.6 Å². The number of allylic oxidation sites excluding steroid dienone is 2. The number of hydrogen-bond donors (Lipinski definition) is 0. The molecule has 0 N–H and O–H groups in total. The number of nitrogens with zero attached hydrogens (tertiary/aromatic N) is 4. The number of esters is 1. The molecule has 2 heterocycles. The maximum atomic E-state index is 15.8. The van der Waals surface area contributed by atoms with Gasteiger partial charge in [0.15, 0.2) is 11.9 Å². The number of carbonyl (C=O) groups excluding carboxylic acids is 1. The molecule has 19 heteroatoms. The minimum Gasteiger partial charge on any atom is -0.790 e. The number of rotatable bonds is 14. The molecular weight excluding hydrogens is 770 g/mol. The monoisotopic (exact) mass is 800 g/mol. The Morgan fingerprint density at radius 2 is 1.85 bits per heavy atom. The molecule has 5 rings (SSSR count). The SMILES string of the molecule is C[C@@H](SC1COC(C=CC=Cc2ccc(C#N)cc2F)OC1)[C@@](Cn1cncn1)(OC(=O)c1ccccc1COP(=O)([O-])[O-])c1ccc(F)cc1F.[Na+].[Na+]. The van der Waals surface area contributed by atoms with Crippen LogP contribution in [0.15, 0.2) is 91.5 Å². The Hall–Kier alpha value is -2.59. The first kappa shape index (κ1) is 45.8. The molecule has 0 aliphatic carbocycles. The molecule has 0 radical (unpaired) electrons. The fourth-order valence-corrected chi connectivity index (χ4v) is 7.00. The molecule has 1 fully saturated rings. The van der Waals surface area contributed by atoms with E-state index in [-0.39, 0.29) is 106 Å². The molecule has 272 valence electrons. The van der Waals surface area contributed by atoms with Gasteiger partial charge >= 0.3 is 65.1 Å². The minimum absolute atomic E-state index is 0. The molecule has 4 aromatic rings. The molecule has 0 spiro atoms. The zero-order valence-corrected chi connectivity index (χ0v) is 35.1. The normalized spacial score (nSPS) is 17.6. The van der Waals surface area contributed by atoms with E-state index < -0.39 is 55.0 Å². The number of benzene rings is 3. The average Bonchev–Trinajstić information content (AvgIpc) is 3.63. The van der Waals surface area contributed by atoms with Crippen molar-refractivity contribution >= 4 is 31.6 Å². The molecule has 1 saturated heterocycles. The van der Waals surface area contributed by atoms with Crippen molar-refractivity contribution in [2.75, 3.05) is 13.2 Å². The molecule has 12 nitrogen and oxygen atoms in total. The molecular formula is C35H30F3N4Na2O8PS. The van der Waals surface area contributed by atoms with Crippen molar-refractivity contribution in [3.05, 3.63) is 137 Å². The predicted octanol–water partition coefficient (Wildman–Crippen LogP) is -1.19. The third kappa shape index (κ3) is 12.5. The molecule has 54 heavy (non-hydrogen) atoms. The van der Waals surface area contributed by atoms with Gasteiger partial charge in [0.25, 0.3) is 0 Å². The standard InChI is InChI=1S/C35H32F3N4O8PS.2Na/c1-23(52-28-18-47-33(48-19-28)9-5-3-6-25-11-10-24(16-39)14-31(25)37)35(20-42-22-40-21-41-42,30-13-12-27(36)15-32(30)38)50-34(43)29-8-4-2-7-26(29)17-49-51(44,45)46;;/h2-15,21-23,28,33H,17-20H2,1H3,(H2,44,45,46);;/q;2*+1/p-2/t23-,28?,33?,35-;;/m1../s1. The maximum absolute atomic E-state index is 15.8. The summed E-state index contributed by atoms with van der Waals surface area (Å²) in [5, 5.41) is 11.9. The van der Waals surface area contributed by atoms with Crippen LogP contribution in [0, 0.1) is 28.8 Å². The summed E-state index contributed by atoms with van der Waals surface area (Å²) in [5.74, 6) is -3.43. The second kappa shape index (κ2) is 21.1. The molecule has 1 aliphatic rings. The molecule has 1 aromatic heterocycles. The fourth-order valence-electron chi connectivity index (χ4n) is 5.34. The molecule has 0 unspecified atom stereocenters. The summed E-state index contributed by atoms with van der Waals surface area (Å²) in [7, 11) is -5.40. The predicted molar refractivity (Wildman–Crippen MR) is 178 cm³/mol. The van der Waals surface area contributed by atoms with E-state index in [0.29, 0.717) is 11.6 Å². The van der Waals surface area contributed by atoms with E-state index in [1.807, 2.05) is 6.07 Å². The number of nitriles is 1. The van der Waals surface area contributed by atoms with Crippen LogP contribution >= 0.6 is 19.6 Å². The summed E-state index contributed by atoms with van der Waals surface area (Å²) in [6.45, 7) is 0.951. The Morgan fingerprint density at radius 1 is 1.11 bits per heavy atom. The smallest absolute Gasteiger partial charge is 0.790 e. The van der Waals surface area contributed by atoms with Crippen molar-refractivity contribution in [3.63, 3.8) is 0 Å². The average molecular weight is 801 g/mol. The third-order valence-electron chi connectivity index (χ3n) is 7.87. The summed E-state index contributed by atoms with van der Waals surface area (Å²) >= 11 is 1.25. The van der Waals surface area contributed by atoms with Crippen molar-refractivity contribution in [2.45, 2.75) is 42.5 Å². The Balaban J connectivity index is 0.00000392. The number of phosphoric acid groups is 1. The van der Waals surface area contributed by atoms with Crippen molar-refractivity contribution in [2.24, 2.45) is 0 Å². The molecule has 1 aliphatic heterocycles. The summed E-state index contributed by atoms with van der Waals surface area (Å²) in [6, 6.07) is 14.5. The van der Waals surface area contributed by atoms with Gasteiger partial charge in [0.1, 0.15) is 30.1 Å². The van der Waals surface area contributed by atoms with Crippen molar-refractivity contribution < 1.29 is 110 Å². The summed E-state index contributed by atoms with van der Waals surface area (Å²) in [5.41, 5.74) is -1.72. The van der Waals surface area contributed by atoms with Crippen LogP contribution in [0.1, 0.15) is 39.5 Å². The summed E-state index contributed by atoms with van der Waals surface area (Å²) in [4.78, 5) is 40.3. The first-order valence-corrected chi connectivity index (χ1v) is 18.0. The van der Waals surface area contributed by atoms with Crippen molar-refractivity contribution in [1.82, 2.24) is 14.8 Å². The van der Waals surface area contributed by atoms with E-state index in [9.17, 15) is 27.9 Å². The Bertz CT molecular complexity index is 2030. The second-order valence-corrected chi connectivity index (χ2v) is 14.2. The first-order chi connectivity index (χ1) is 24.9. The molecule has 0 bridgehead atoms. The number of thioether (sulfide) groups is 1. The van der Waals surface area contributed by atoms with Gasteiger partial charge in [-0.15, -0.1) is 11.8 Å². The number of halogens is 3. The Labute approximate surface area is 357 Å². The van der Waals surface area contributed by atoms with Crippen LogP contribution in [0.5, 0.6) is 0 Å². The first-order valence-electron chi connectivity index (χ1n) is 15.6. The van der Waals surface area contributed by atoms with E-state index in [1.165, 1.54) is 71.6 Å². The number of aromatic nitrogens is 3. The molecule has 0 saturated carbocycles. The van der Waals surface area contributed by atoms with Gasteiger partial charge in [-0.1, -0.05) is 42.5 Å².